The van der Waals surface area contributed by atoms with Crippen molar-refractivity contribution in [2.45, 2.75) is 26.2 Å². The summed E-state index contributed by atoms with van der Waals surface area (Å²) in [5.41, 5.74) is 0.962. The highest BCUT2D eigenvalue weighted by Crippen LogP contribution is 2.24. The van der Waals surface area contributed by atoms with Gasteiger partial charge in [-0.3, -0.25) is 0 Å². The van der Waals surface area contributed by atoms with Crippen molar-refractivity contribution in [2.75, 3.05) is 13.2 Å². The minimum Gasteiger partial charge on any atom is -0.508 e. The normalized spacial score (nSPS) is 12.7. The fourth-order valence-corrected chi connectivity index (χ4v) is 1.40. The molecule has 1 atom stereocenters. The van der Waals surface area contributed by atoms with E-state index in [1.807, 2.05) is 18.2 Å². The van der Waals surface area contributed by atoms with Crippen molar-refractivity contribution in [3.8, 4) is 5.75 Å². The fourth-order valence-electron chi connectivity index (χ4n) is 1.40. The van der Waals surface area contributed by atoms with Gasteiger partial charge in [0.15, 0.2) is 0 Å². The Kier molecular flexibility index (Phi) is 4.47. The second kappa shape index (κ2) is 5.66. The number of phenols is 1. The summed E-state index contributed by atoms with van der Waals surface area (Å²) in [6.45, 7) is 5.61. The largest absolute Gasteiger partial charge is 0.508 e. The van der Waals surface area contributed by atoms with Gasteiger partial charge in [0.2, 0.25) is 0 Å². The molecule has 0 heterocycles. The second-order valence-corrected chi connectivity index (χ2v) is 3.53. The predicted octanol–water partition coefficient (Wildman–Crippen LogP) is 2.92. The first-order valence-corrected chi connectivity index (χ1v) is 5.11. The zero-order valence-corrected chi connectivity index (χ0v) is 8.86. The molecular formula is C12H18O2. The summed E-state index contributed by atoms with van der Waals surface area (Å²) < 4.78 is 5.44. The number of para-hydroxylation sites is 1. The number of aromatic hydroxyl groups is 1. The summed E-state index contributed by atoms with van der Waals surface area (Å²) in [5.74, 6) is 0.614. The van der Waals surface area contributed by atoms with Crippen molar-refractivity contribution >= 4 is 0 Å². The van der Waals surface area contributed by atoms with Crippen molar-refractivity contribution in [3.05, 3.63) is 29.8 Å². The maximum absolute atomic E-state index is 9.58. The molecule has 0 aliphatic rings. The van der Waals surface area contributed by atoms with Crippen molar-refractivity contribution in [2.24, 2.45) is 0 Å². The Morgan fingerprint density at radius 3 is 2.71 bits per heavy atom. The van der Waals surface area contributed by atoms with Crippen LogP contribution in [-0.2, 0) is 4.74 Å². The van der Waals surface area contributed by atoms with Crippen molar-refractivity contribution in [3.63, 3.8) is 0 Å². The van der Waals surface area contributed by atoms with Crippen LogP contribution in [-0.4, -0.2) is 18.3 Å². The smallest absolute Gasteiger partial charge is 0.119 e. The van der Waals surface area contributed by atoms with E-state index in [2.05, 4.69) is 13.8 Å². The molecule has 0 radical (unpaired) electrons. The predicted molar refractivity (Wildman–Crippen MR) is 57.6 cm³/mol. The quantitative estimate of drug-likeness (QED) is 0.730. The lowest BCUT2D eigenvalue weighted by atomic mass is 10.0. The Bertz CT molecular complexity index is 271. The fraction of sp³-hybridized carbons (Fsp3) is 0.500. The molecule has 0 fully saturated rings. The lowest BCUT2D eigenvalue weighted by Gasteiger charge is -2.13. The van der Waals surface area contributed by atoms with Gasteiger partial charge in [0.05, 0.1) is 6.61 Å². The first-order valence-electron chi connectivity index (χ1n) is 5.11. The van der Waals surface area contributed by atoms with E-state index in [-0.39, 0.29) is 5.92 Å². The molecule has 0 aliphatic carbocycles. The molecular weight excluding hydrogens is 176 g/mol. The van der Waals surface area contributed by atoms with Gasteiger partial charge in [0.25, 0.3) is 0 Å². The molecule has 0 saturated heterocycles. The van der Waals surface area contributed by atoms with Crippen LogP contribution in [0, 0.1) is 0 Å². The Labute approximate surface area is 85.5 Å². The van der Waals surface area contributed by atoms with E-state index in [1.54, 1.807) is 6.07 Å². The van der Waals surface area contributed by atoms with Gasteiger partial charge in [0.1, 0.15) is 5.75 Å². The molecule has 0 amide bonds. The number of hydrogen-bond donors (Lipinski definition) is 1. The Morgan fingerprint density at radius 2 is 2.07 bits per heavy atom. The number of ether oxygens (including phenoxy) is 1. The molecule has 14 heavy (non-hydrogen) atoms. The molecule has 78 valence electrons. The second-order valence-electron chi connectivity index (χ2n) is 3.53. The summed E-state index contributed by atoms with van der Waals surface area (Å²) in [6.07, 6.45) is 1.04. The summed E-state index contributed by atoms with van der Waals surface area (Å²) >= 11 is 0. The van der Waals surface area contributed by atoms with Gasteiger partial charge in [-0.1, -0.05) is 32.0 Å². The highest BCUT2D eigenvalue weighted by atomic mass is 16.5. The van der Waals surface area contributed by atoms with Crippen LogP contribution in [0.2, 0.25) is 0 Å². The Balaban J connectivity index is 2.51. The average Bonchev–Trinajstić information content (AvgIpc) is 2.18. The van der Waals surface area contributed by atoms with Crippen LogP contribution in [0.15, 0.2) is 24.3 Å². The molecule has 0 saturated carbocycles. The van der Waals surface area contributed by atoms with Crippen molar-refractivity contribution < 1.29 is 9.84 Å². The Hall–Kier alpha value is -1.02. The van der Waals surface area contributed by atoms with Crippen LogP contribution < -0.4 is 0 Å². The van der Waals surface area contributed by atoms with Gasteiger partial charge in [0, 0.05) is 12.5 Å². The monoisotopic (exact) mass is 194 g/mol. The molecule has 0 bridgehead atoms. The molecule has 1 N–H and O–H groups in total. The standard InChI is InChI=1S/C12H18O2/c1-3-8-14-9-10(2)11-6-4-5-7-12(11)13/h4-7,10,13H,3,8-9H2,1-2H3. The molecule has 2 nitrogen and oxygen atoms in total. The van der Waals surface area contributed by atoms with E-state index in [9.17, 15) is 5.11 Å². The topological polar surface area (TPSA) is 29.5 Å². The molecule has 1 aromatic rings. The molecule has 0 aliphatic heterocycles. The van der Waals surface area contributed by atoms with Crippen LogP contribution >= 0.6 is 0 Å². The van der Waals surface area contributed by atoms with Crippen LogP contribution in [0.5, 0.6) is 5.75 Å². The van der Waals surface area contributed by atoms with E-state index in [0.29, 0.717) is 12.4 Å². The zero-order chi connectivity index (χ0) is 10.4. The minimum atomic E-state index is 0.253. The first-order chi connectivity index (χ1) is 6.75. The minimum absolute atomic E-state index is 0.253. The van der Waals surface area contributed by atoms with Crippen molar-refractivity contribution in [1.29, 1.82) is 0 Å². The van der Waals surface area contributed by atoms with E-state index in [1.165, 1.54) is 0 Å². The third kappa shape index (κ3) is 3.04. The van der Waals surface area contributed by atoms with E-state index >= 15 is 0 Å². The third-order valence-corrected chi connectivity index (χ3v) is 2.18. The van der Waals surface area contributed by atoms with Gasteiger partial charge in [-0.2, -0.15) is 0 Å². The zero-order valence-electron chi connectivity index (χ0n) is 8.86. The number of phenolic OH excluding ortho intramolecular Hbond substituents is 1. The highest BCUT2D eigenvalue weighted by Gasteiger charge is 2.08. The summed E-state index contributed by atoms with van der Waals surface area (Å²) in [5, 5.41) is 9.58. The lowest BCUT2D eigenvalue weighted by Crippen LogP contribution is -2.05. The molecule has 0 aromatic heterocycles. The SMILES string of the molecule is CCCOCC(C)c1ccccc1O. The molecule has 1 aromatic carbocycles. The van der Waals surface area contributed by atoms with Crippen LogP contribution in [0.3, 0.4) is 0 Å². The number of benzene rings is 1. The lowest BCUT2D eigenvalue weighted by molar-refractivity contribution is 0.123. The van der Waals surface area contributed by atoms with E-state index in [4.69, 9.17) is 4.74 Å². The summed E-state index contributed by atoms with van der Waals surface area (Å²) in [6, 6.07) is 7.42. The Morgan fingerprint density at radius 1 is 1.36 bits per heavy atom. The maximum Gasteiger partial charge on any atom is 0.119 e. The molecule has 0 spiro atoms. The number of hydrogen-bond acceptors (Lipinski definition) is 2. The summed E-state index contributed by atoms with van der Waals surface area (Å²) in [7, 11) is 0. The van der Waals surface area contributed by atoms with Crippen LogP contribution in [0.1, 0.15) is 31.7 Å². The van der Waals surface area contributed by atoms with Gasteiger partial charge in [-0.25, -0.2) is 0 Å². The van der Waals surface area contributed by atoms with Crippen LogP contribution in [0.4, 0.5) is 0 Å². The van der Waals surface area contributed by atoms with Gasteiger partial charge in [-0.05, 0) is 18.1 Å². The van der Waals surface area contributed by atoms with E-state index < -0.39 is 0 Å². The molecule has 1 unspecified atom stereocenters. The molecule has 2 heteroatoms. The van der Waals surface area contributed by atoms with Crippen LogP contribution in [0.25, 0.3) is 0 Å². The highest BCUT2D eigenvalue weighted by molar-refractivity contribution is 5.34. The molecule has 1 rings (SSSR count). The first kappa shape index (κ1) is 11.1. The third-order valence-electron chi connectivity index (χ3n) is 2.18. The van der Waals surface area contributed by atoms with E-state index in [0.717, 1.165) is 18.6 Å². The van der Waals surface area contributed by atoms with Gasteiger partial charge < -0.3 is 9.84 Å². The maximum atomic E-state index is 9.58. The average molecular weight is 194 g/mol. The van der Waals surface area contributed by atoms with Gasteiger partial charge >= 0.3 is 0 Å². The van der Waals surface area contributed by atoms with Gasteiger partial charge in [-0.15, -0.1) is 0 Å². The van der Waals surface area contributed by atoms with Crippen molar-refractivity contribution in [1.82, 2.24) is 0 Å². The number of rotatable bonds is 5. The summed E-state index contributed by atoms with van der Waals surface area (Å²) in [4.78, 5) is 0.